The molecule has 0 spiro atoms. The first-order chi connectivity index (χ1) is 8.24. The van der Waals surface area contributed by atoms with Crippen LogP contribution in [0.1, 0.15) is 20.3 Å². The Kier molecular flexibility index (Phi) is 5.30. The van der Waals surface area contributed by atoms with Crippen LogP contribution in [-0.2, 0) is 14.7 Å². The van der Waals surface area contributed by atoms with Crippen molar-refractivity contribution in [3.8, 4) is 0 Å². The molecule has 5 nitrogen and oxygen atoms in total. The number of nitrogens with two attached hydrogens (primary N) is 2. The summed E-state index contributed by atoms with van der Waals surface area (Å²) in [5.74, 6) is -0.404. The highest BCUT2D eigenvalue weighted by Crippen LogP contribution is 2.27. The predicted octanol–water partition coefficient (Wildman–Crippen LogP) is 2.00. The molecule has 0 bridgehead atoms. The van der Waals surface area contributed by atoms with E-state index >= 15 is 0 Å². The SMILES string of the molecule is CC(C)C[C@H](N)C(=O)N=S(N)(=O)c1sccc1Cl. The molecule has 1 amide bonds. The topological polar surface area (TPSA) is 98.5 Å². The lowest BCUT2D eigenvalue weighted by Crippen LogP contribution is -2.32. The first kappa shape index (κ1) is 15.6. The average Bonchev–Trinajstić information content (AvgIpc) is 2.63. The van der Waals surface area contributed by atoms with Crippen LogP contribution in [0.2, 0.25) is 5.02 Å². The van der Waals surface area contributed by atoms with Crippen LogP contribution in [0.5, 0.6) is 0 Å². The van der Waals surface area contributed by atoms with Crippen LogP contribution in [0.25, 0.3) is 0 Å². The van der Waals surface area contributed by atoms with Crippen molar-refractivity contribution in [2.24, 2.45) is 21.2 Å². The fraction of sp³-hybridized carbons (Fsp3) is 0.500. The molecule has 0 aliphatic carbocycles. The van der Waals surface area contributed by atoms with Crippen molar-refractivity contribution in [3.63, 3.8) is 0 Å². The Labute approximate surface area is 116 Å². The van der Waals surface area contributed by atoms with Crippen molar-refractivity contribution in [2.75, 3.05) is 0 Å². The minimum atomic E-state index is -3.30. The molecule has 0 fully saturated rings. The monoisotopic (exact) mass is 309 g/mol. The quantitative estimate of drug-likeness (QED) is 0.889. The van der Waals surface area contributed by atoms with Gasteiger partial charge in [0.05, 0.1) is 11.1 Å². The number of amides is 1. The third-order valence-corrected chi connectivity index (χ3v) is 5.57. The van der Waals surface area contributed by atoms with Crippen LogP contribution in [0.15, 0.2) is 20.0 Å². The van der Waals surface area contributed by atoms with E-state index in [9.17, 15) is 9.00 Å². The molecule has 0 saturated carbocycles. The average molecular weight is 310 g/mol. The van der Waals surface area contributed by atoms with Crippen LogP contribution in [0.4, 0.5) is 0 Å². The van der Waals surface area contributed by atoms with Crippen molar-refractivity contribution in [1.82, 2.24) is 0 Å². The molecule has 1 unspecified atom stereocenters. The number of halogens is 1. The van der Waals surface area contributed by atoms with Gasteiger partial charge in [-0.1, -0.05) is 25.4 Å². The van der Waals surface area contributed by atoms with Crippen molar-refractivity contribution >= 4 is 38.8 Å². The molecule has 8 heteroatoms. The van der Waals surface area contributed by atoms with E-state index < -0.39 is 21.9 Å². The largest absolute Gasteiger partial charge is 0.320 e. The number of carbonyl (C=O) groups excluding carboxylic acids is 1. The Bertz CT molecular complexity index is 547. The van der Waals surface area contributed by atoms with Gasteiger partial charge in [-0.3, -0.25) is 4.79 Å². The van der Waals surface area contributed by atoms with Crippen LogP contribution >= 0.6 is 22.9 Å². The number of hydrogen-bond acceptors (Lipinski definition) is 4. The second-order valence-corrected chi connectivity index (χ2v) is 7.60. The molecule has 1 heterocycles. The van der Waals surface area contributed by atoms with Crippen molar-refractivity contribution < 1.29 is 9.00 Å². The van der Waals surface area contributed by atoms with Crippen molar-refractivity contribution in [2.45, 2.75) is 30.5 Å². The highest BCUT2D eigenvalue weighted by atomic mass is 35.5. The number of carbonyl (C=O) groups is 1. The van der Waals surface area contributed by atoms with E-state index in [4.69, 9.17) is 22.5 Å². The molecule has 1 rings (SSSR count). The summed E-state index contributed by atoms with van der Waals surface area (Å²) in [6.07, 6.45) is 0.468. The first-order valence-electron chi connectivity index (χ1n) is 5.31. The van der Waals surface area contributed by atoms with Gasteiger partial charge in [-0.25, -0.2) is 9.35 Å². The summed E-state index contributed by atoms with van der Waals surface area (Å²) >= 11 is 6.93. The van der Waals surface area contributed by atoms with E-state index in [1.807, 2.05) is 13.8 Å². The van der Waals surface area contributed by atoms with E-state index in [0.717, 1.165) is 11.3 Å². The van der Waals surface area contributed by atoms with Gasteiger partial charge in [0.1, 0.15) is 4.21 Å². The summed E-state index contributed by atoms with van der Waals surface area (Å²) in [7, 11) is -3.30. The number of rotatable bonds is 4. The zero-order chi connectivity index (χ0) is 13.9. The minimum Gasteiger partial charge on any atom is -0.320 e. The normalized spacial score (nSPS) is 16.3. The van der Waals surface area contributed by atoms with E-state index in [2.05, 4.69) is 4.36 Å². The van der Waals surface area contributed by atoms with Crippen molar-refractivity contribution in [3.05, 3.63) is 16.5 Å². The lowest BCUT2D eigenvalue weighted by Gasteiger charge is -2.10. The van der Waals surface area contributed by atoms with Crippen LogP contribution < -0.4 is 10.9 Å². The van der Waals surface area contributed by atoms with Gasteiger partial charge >= 0.3 is 0 Å². The molecule has 4 N–H and O–H groups in total. The maximum atomic E-state index is 12.1. The highest BCUT2D eigenvalue weighted by Gasteiger charge is 2.19. The molecule has 2 atom stereocenters. The van der Waals surface area contributed by atoms with E-state index in [-0.39, 0.29) is 15.1 Å². The van der Waals surface area contributed by atoms with Crippen molar-refractivity contribution in [1.29, 1.82) is 0 Å². The number of thiophene rings is 1. The van der Waals surface area contributed by atoms with E-state index in [1.54, 1.807) is 11.4 Å². The zero-order valence-electron chi connectivity index (χ0n) is 10.1. The standard InChI is InChI=1S/C10H16ClN3O2S2/c1-6(2)5-8(12)9(15)14-18(13,16)10-7(11)3-4-17-10/h3-4,6,8H,5,12H2,1-2H3,(H2,13,14,15,16)/t8-,18?/m0/s1. The third-order valence-electron chi connectivity index (χ3n) is 2.12. The van der Waals surface area contributed by atoms with Gasteiger partial charge in [0, 0.05) is 0 Å². The summed E-state index contributed by atoms with van der Waals surface area (Å²) < 4.78 is 15.9. The molecule has 18 heavy (non-hydrogen) atoms. The van der Waals surface area contributed by atoms with Gasteiger partial charge < -0.3 is 5.73 Å². The molecule has 0 aliphatic heterocycles. The van der Waals surface area contributed by atoms with Gasteiger partial charge in [0.15, 0.2) is 9.92 Å². The lowest BCUT2D eigenvalue weighted by molar-refractivity contribution is -0.119. The molecule has 1 aromatic rings. The van der Waals surface area contributed by atoms with Gasteiger partial charge in [-0.2, -0.15) is 0 Å². The second-order valence-electron chi connectivity index (χ2n) is 4.29. The van der Waals surface area contributed by atoms with Gasteiger partial charge in [0.25, 0.3) is 5.91 Å². The van der Waals surface area contributed by atoms with Crippen LogP contribution in [-0.4, -0.2) is 16.2 Å². The molecule has 1 aromatic heterocycles. The zero-order valence-corrected chi connectivity index (χ0v) is 12.5. The molecule has 0 saturated heterocycles. The molecule has 0 aliphatic rings. The van der Waals surface area contributed by atoms with Crippen LogP contribution in [0.3, 0.4) is 0 Å². The molecular weight excluding hydrogens is 294 g/mol. The summed E-state index contributed by atoms with van der Waals surface area (Å²) in [5, 5.41) is 7.45. The lowest BCUT2D eigenvalue weighted by atomic mass is 10.0. The maximum absolute atomic E-state index is 12.1. The number of nitrogens with zero attached hydrogens (tertiary/aromatic N) is 1. The summed E-state index contributed by atoms with van der Waals surface area (Å²) in [4.78, 5) is 11.7. The van der Waals surface area contributed by atoms with E-state index in [1.165, 1.54) is 0 Å². The highest BCUT2D eigenvalue weighted by molar-refractivity contribution is 7.93. The predicted molar refractivity (Wildman–Crippen MR) is 74.8 cm³/mol. The molecule has 0 aromatic carbocycles. The third kappa shape index (κ3) is 4.03. The minimum absolute atomic E-state index is 0.203. The Morgan fingerprint density at radius 3 is 2.67 bits per heavy atom. The smallest absolute Gasteiger partial charge is 0.271 e. The summed E-state index contributed by atoms with van der Waals surface area (Å²) in [6, 6.07) is 0.773. The van der Waals surface area contributed by atoms with Crippen LogP contribution in [0, 0.1) is 5.92 Å². The first-order valence-corrected chi connectivity index (χ1v) is 8.15. The van der Waals surface area contributed by atoms with Gasteiger partial charge in [-0.15, -0.1) is 15.7 Å². The second kappa shape index (κ2) is 6.12. The van der Waals surface area contributed by atoms with E-state index in [0.29, 0.717) is 6.42 Å². The molecule has 102 valence electrons. The number of hydrogen-bond donors (Lipinski definition) is 2. The van der Waals surface area contributed by atoms with Gasteiger partial charge in [-0.05, 0) is 23.8 Å². The summed E-state index contributed by atoms with van der Waals surface area (Å²) in [6.45, 7) is 3.87. The maximum Gasteiger partial charge on any atom is 0.271 e. The fourth-order valence-electron chi connectivity index (χ4n) is 1.34. The fourth-order valence-corrected chi connectivity index (χ4v) is 4.11. The Morgan fingerprint density at radius 1 is 1.61 bits per heavy atom. The summed E-state index contributed by atoms with van der Waals surface area (Å²) in [5.41, 5.74) is 5.66. The Hall–Kier alpha value is -0.470. The Balaban J connectivity index is 2.99. The Morgan fingerprint density at radius 2 is 2.22 bits per heavy atom. The molecule has 0 radical (unpaired) electrons. The van der Waals surface area contributed by atoms with Gasteiger partial charge in [0.2, 0.25) is 0 Å². The molecular formula is C10H16ClN3O2S2.